The van der Waals surface area contributed by atoms with Crippen molar-refractivity contribution in [2.24, 2.45) is 0 Å². The highest BCUT2D eigenvalue weighted by Crippen LogP contribution is 2.47. The van der Waals surface area contributed by atoms with Crippen LogP contribution in [0.2, 0.25) is 0 Å². The summed E-state index contributed by atoms with van der Waals surface area (Å²) in [5, 5.41) is 2.58. The van der Waals surface area contributed by atoms with E-state index in [-0.39, 0.29) is 0 Å². The molecule has 0 amide bonds. The monoisotopic (exact) mass is 593 g/mol. The average Bonchev–Trinajstić information content (AvgIpc) is 3.49. The number of nitrogens with zero attached hydrogens (tertiary/aromatic N) is 1. The van der Waals surface area contributed by atoms with Gasteiger partial charge >= 0.3 is 0 Å². The molecule has 8 aromatic rings. The van der Waals surface area contributed by atoms with Gasteiger partial charge in [0.2, 0.25) is 0 Å². The number of hydrogen-bond acceptors (Lipinski definition) is 2. The third kappa shape index (κ3) is 5.10. The Bertz CT molecular complexity index is 2260. The maximum absolute atomic E-state index is 2.42. The lowest BCUT2D eigenvalue weighted by Gasteiger charge is -2.27. The third-order valence-corrected chi connectivity index (χ3v) is 9.79. The van der Waals surface area contributed by atoms with Crippen LogP contribution in [0, 0.1) is 6.92 Å². The predicted octanol–water partition coefficient (Wildman–Crippen LogP) is 12.8. The van der Waals surface area contributed by atoms with Crippen LogP contribution < -0.4 is 4.90 Å². The molecule has 1 nitrogen and oxygen atoms in total. The molecule has 0 radical (unpaired) electrons. The van der Waals surface area contributed by atoms with Gasteiger partial charge in [-0.1, -0.05) is 145 Å². The van der Waals surface area contributed by atoms with Crippen molar-refractivity contribution in [1.82, 2.24) is 0 Å². The van der Waals surface area contributed by atoms with Crippen LogP contribution in [-0.4, -0.2) is 0 Å². The molecule has 0 aliphatic rings. The molecular formula is C43H31NS. The minimum Gasteiger partial charge on any atom is -0.309 e. The van der Waals surface area contributed by atoms with E-state index in [1.807, 2.05) is 11.3 Å². The van der Waals surface area contributed by atoms with Crippen molar-refractivity contribution in [3.63, 3.8) is 0 Å². The first-order valence-corrected chi connectivity index (χ1v) is 16.2. The van der Waals surface area contributed by atoms with Gasteiger partial charge in [0.05, 0.1) is 10.4 Å². The zero-order valence-corrected chi connectivity index (χ0v) is 25.8. The molecule has 0 fully saturated rings. The first-order chi connectivity index (χ1) is 22.2. The van der Waals surface area contributed by atoms with Gasteiger partial charge in [0.1, 0.15) is 0 Å². The van der Waals surface area contributed by atoms with Crippen molar-refractivity contribution in [1.29, 1.82) is 0 Å². The molecule has 1 aromatic heterocycles. The maximum Gasteiger partial charge on any atom is 0.0640 e. The van der Waals surface area contributed by atoms with E-state index < -0.39 is 0 Å². The molecule has 0 unspecified atom stereocenters. The van der Waals surface area contributed by atoms with Crippen LogP contribution in [0.1, 0.15) is 5.56 Å². The first kappa shape index (κ1) is 27.1. The fraction of sp³-hybridized carbons (Fsp3) is 0.0233. The standard InChI is InChI=1S/C43H31NS/c1-30-12-8-18-35(28-30)38-20-10-21-39-40-22-11-23-41(43(40)45-42(38)39)44(36-26-24-33(25-27-36)31-13-4-2-5-14-31)37-19-9-17-34(29-37)32-15-6-3-7-16-32/h2-29H,1H3. The van der Waals surface area contributed by atoms with Crippen LogP contribution in [-0.2, 0) is 0 Å². The normalized spacial score (nSPS) is 11.2. The van der Waals surface area contributed by atoms with E-state index in [9.17, 15) is 0 Å². The lowest BCUT2D eigenvalue weighted by molar-refractivity contribution is 1.30. The number of hydrogen-bond donors (Lipinski definition) is 0. The Morgan fingerprint density at radius 2 is 0.978 bits per heavy atom. The van der Waals surface area contributed by atoms with Crippen LogP contribution in [0.3, 0.4) is 0 Å². The lowest BCUT2D eigenvalue weighted by atomic mass is 10.0. The highest BCUT2D eigenvalue weighted by Gasteiger charge is 2.20. The van der Waals surface area contributed by atoms with E-state index in [1.54, 1.807) is 0 Å². The van der Waals surface area contributed by atoms with Crippen molar-refractivity contribution in [2.45, 2.75) is 6.92 Å². The first-order valence-electron chi connectivity index (χ1n) is 15.4. The summed E-state index contributed by atoms with van der Waals surface area (Å²) >= 11 is 1.89. The molecule has 0 saturated carbocycles. The second-order valence-electron chi connectivity index (χ2n) is 11.5. The Labute approximate surface area is 268 Å². The molecule has 2 heteroatoms. The molecule has 8 rings (SSSR count). The summed E-state index contributed by atoms with van der Waals surface area (Å²) in [4.78, 5) is 2.42. The van der Waals surface area contributed by atoms with Gasteiger partial charge in [0.15, 0.2) is 0 Å². The number of benzene rings is 7. The smallest absolute Gasteiger partial charge is 0.0640 e. The minimum absolute atomic E-state index is 1.13. The van der Waals surface area contributed by atoms with E-state index in [1.165, 1.54) is 64.8 Å². The van der Waals surface area contributed by atoms with Gasteiger partial charge in [-0.2, -0.15) is 0 Å². The second kappa shape index (κ2) is 11.6. The Morgan fingerprint density at radius 1 is 0.400 bits per heavy atom. The number of thiophene rings is 1. The van der Waals surface area contributed by atoms with Crippen LogP contribution in [0.25, 0.3) is 53.6 Å². The highest BCUT2D eigenvalue weighted by atomic mass is 32.1. The zero-order chi connectivity index (χ0) is 30.2. The molecule has 45 heavy (non-hydrogen) atoms. The van der Waals surface area contributed by atoms with Crippen LogP contribution in [0.15, 0.2) is 170 Å². The molecule has 0 spiro atoms. The molecule has 0 aliphatic heterocycles. The van der Waals surface area contributed by atoms with Crippen LogP contribution >= 0.6 is 11.3 Å². The maximum atomic E-state index is 2.42. The van der Waals surface area contributed by atoms with Gasteiger partial charge in [-0.15, -0.1) is 11.3 Å². The van der Waals surface area contributed by atoms with Crippen molar-refractivity contribution < 1.29 is 0 Å². The summed E-state index contributed by atoms with van der Waals surface area (Å²) in [7, 11) is 0. The van der Waals surface area contributed by atoms with Gasteiger partial charge < -0.3 is 4.90 Å². The Balaban J connectivity index is 1.34. The fourth-order valence-corrected chi connectivity index (χ4v) is 7.68. The average molecular weight is 594 g/mol. The lowest BCUT2D eigenvalue weighted by Crippen LogP contribution is -2.10. The molecule has 1 heterocycles. The Kier molecular flexibility index (Phi) is 6.98. The largest absolute Gasteiger partial charge is 0.309 e. The Hall–Kier alpha value is -5.44. The molecule has 214 valence electrons. The molecule has 7 aromatic carbocycles. The van der Waals surface area contributed by atoms with Gasteiger partial charge in [0, 0.05) is 26.8 Å². The molecule has 0 atom stereocenters. The van der Waals surface area contributed by atoms with Gasteiger partial charge in [-0.05, 0) is 70.6 Å². The summed E-state index contributed by atoms with van der Waals surface area (Å²) in [6.45, 7) is 2.16. The number of fused-ring (bicyclic) bond motifs is 3. The number of rotatable bonds is 6. The fourth-order valence-electron chi connectivity index (χ4n) is 6.34. The van der Waals surface area contributed by atoms with Crippen LogP contribution in [0.4, 0.5) is 17.1 Å². The SMILES string of the molecule is Cc1cccc(-c2cccc3c2sc2c(N(c4ccc(-c5ccccc5)cc4)c4cccc(-c5ccccc5)c4)cccc23)c1. The minimum atomic E-state index is 1.13. The molecule has 0 bridgehead atoms. The van der Waals surface area contributed by atoms with Crippen molar-refractivity contribution in [3.05, 3.63) is 175 Å². The van der Waals surface area contributed by atoms with Crippen molar-refractivity contribution in [3.8, 4) is 33.4 Å². The summed E-state index contributed by atoms with van der Waals surface area (Å²) < 4.78 is 2.60. The molecule has 0 N–H and O–H groups in total. The topological polar surface area (TPSA) is 3.24 Å². The Morgan fingerprint density at radius 3 is 1.71 bits per heavy atom. The van der Waals surface area contributed by atoms with Crippen molar-refractivity contribution >= 4 is 48.6 Å². The molecule has 0 aliphatic carbocycles. The van der Waals surface area contributed by atoms with Crippen LogP contribution in [0.5, 0.6) is 0 Å². The highest BCUT2D eigenvalue weighted by molar-refractivity contribution is 7.27. The quantitative estimate of drug-likeness (QED) is 0.185. The van der Waals surface area contributed by atoms with E-state index in [0.717, 1.165) is 11.4 Å². The molecular weight excluding hydrogens is 563 g/mol. The summed E-state index contributed by atoms with van der Waals surface area (Å²) in [6, 6.07) is 61.4. The van der Waals surface area contributed by atoms with Crippen molar-refractivity contribution in [2.75, 3.05) is 4.90 Å². The molecule has 0 saturated heterocycles. The third-order valence-electron chi connectivity index (χ3n) is 8.52. The van der Waals surface area contributed by atoms with Gasteiger partial charge in [-0.3, -0.25) is 0 Å². The van der Waals surface area contributed by atoms with E-state index in [2.05, 4.69) is 182 Å². The summed E-state index contributed by atoms with van der Waals surface area (Å²) in [5.41, 5.74) is 12.1. The number of aryl methyl sites for hydroxylation is 1. The van der Waals surface area contributed by atoms with E-state index in [0.29, 0.717) is 0 Å². The van der Waals surface area contributed by atoms with Gasteiger partial charge in [-0.25, -0.2) is 0 Å². The van der Waals surface area contributed by atoms with Gasteiger partial charge in [0.25, 0.3) is 0 Å². The van der Waals surface area contributed by atoms with E-state index in [4.69, 9.17) is 0 Å². The van der Waals surface area contributed by atoms with E-state index >= 15 is 0 Å². The second-order valence-corrected chi connectivity index (χ2v) is 12.5. The summed E-state index contributed by atoms with van der Waals surface area (Å²) in [6.07, 6.45) is 0. The summed E-state index contributed by atoms with van der Waals surface area (Å²) in [5.74, 6) is 0. The number of anilines is 3. The predicted molar refractivity (Wildman–Crippen MR) is 195 cm³/mol. The zero-order valence-electron chi connectivity index (χ0n) is 25.0.